The van der Waals surface area contributed by atoms with E-state index < -0.39 is 0 Å². The van der Waals surface area contributed by atoms with Gasteiger partial charge < -0.3 is 16.4 Å². The molecule has 0 unspecified atom stereocenters. The first-order chi connectivity index (χ1) is 13.1. The lowest BCUT2D eigenvalue weighted by Crippen LogP contribution is -2.29. The van der Waals surface area contributed by atoms with Gasteiger partial charge in [0.05, 0.1) is 13.0 Å². The second kappa shape index (κ2) is 9.16. The van der Waals surface area contributed by atoms with Crippen molar-refractivity contribution in [3.63, 3.8) is 0 Å². The zero-order valence-electron chi connectivity index (χ0n) is 15.3. The Morgan fingerprint density at radius 3 is 2.81 bits per heavy atom. The number of aryl methyl sites for hydroxylation is 1. The van der Waals surface area contributed by atoms with Crippen LogP contribution in [0.15, 0.2) is 47.5 Å². The van der Waals surface area contributed by atoms with Gasteiger partial charge in [0.15, 0.2) is 5.96 Å². The van der Waals surface area contributed by atoms with Crippen molar-refractivity contribution in [3.05, 3.63) is 65.0 Å². The van der Waals surface area contributed by atoms with E-state index in [1.807, 2.05) is 12.1 Å². The number of benzene rings is 2. The van der Waals surface area contributed by atoms with Gasteiger partial charge in [-0.1, -0.05) is 24.3 Å². The van der Waals surface area contributed by atoms with Crippen LogP contribution in [0.25, 0.3) is 0 Å². The third-order valence-electron chi connectivity index (χ3n) is 4.63. The van der Waals surface area contributed by atoms with Gasteiger partial charge in [0.1, 0.15) is 5.82 Å². The summed E-state index contributed by atoms with van der Waals surface area (Å²) in [5.41, 5.74) is 10.3. The highest BCUT2D eigenvalue weighted by Crippen LogP contribution is 2.27. The lowest BCUT2D eigenvalue weighted by molar-refractivity contribution is -0.120. The summed E-state index contributed by atoms with van der Waals surface area (Å²) in [4.78, 5) is 16.2. The van der Waals surface area contributed by atoms with E-state index >= 15 is 0 Å². The fourth-order valence-corrected chi connectivity index (χ4v) is 3.34. The van der Waals surface area contributed by atoms with Gasteiger partial charge in [0.25, 0.3) is 0 Å². The van der Waals surface area contributed by atoms with Crippen LogP contribution in [0.2, 0.25) is 0 Å². The molecular weight excluding hydrogens is 343 g/mol. The van der Waals surface area contributed by atoms with Crippen LogP contribution in [-0.2, 0) is 24.1 Å². The summed E-state index contributed by atoms with van der Waals surface area (Å²) in [6.45, 7) is 0.756. The lowest BCUT2D eigenvalue weighted by Gasteiger charge is -2.19. The maximum Gasteiger partial charge on any atom is 0.224 e. The quantitative estimate of drug-likeness (QED) is 0.417. The maximum atomic E-state index is 13.1. The van der Waals surface area contributed by atoms with Gasteiger partial charge >= 0.3 is 0 Å². The first-order valence-corrected chi connectivity index (χ1v) is 9.30. The maximum absolute atomic E-state index is 13.1. The number of guanidine groups is 1. The summed E-state index contributed by atoms with van der Waals surface area (Å²) < 4.78 is 13.1. The van der Waals surface area contributed by atoms with Crippen LogP contribution in [0, 0.1) is 5.82 Å². The van der Waals surface area contributed by atoms with Crippen molar-refractivity contribution in [2.45, 2.75) is 32.1 Å². The fraction of sp³-hybridized carbons (Fsp3) is 0.333. The Labute approximate surface area is 158 Å². The number of hydrogen-bond acceptors (Lipinski definition) is 2. The molecule has 0 spiro atoms. The molecule has 0 radical (unpaired) electrons. The molecule has 142 valence electrons. The standard InChI is InChI=1S/C21H25FN4O/c22-17-8-3-5-15(13-17)14-20(27)24-11-12-25-21(23)26-19-10-4-7-16-6-1-2-9-18(16)19/h3-5,7-8,10,13H,1-2,6,9,11-12,14H2,(H,24,27)(H3,23,25,26). The molecule has 6 heteroatoms. The average molecular weight is 368 g/mol. The number of aliphatic imine (C=N–C) groups is 1. The Morgan fingerprint density at radius 1 is 1.15 bits per heavy atom. The van der Waals surface area contributed by atoms with E-state index in [9.17, 15) is 9.18 Å². The average Bonchev–Trinajstić information content (AvgIpc) is 2.66. The Balaban J connectivity index is 1.45. The minimum atomic E-state index is -0.341. The van der Waals surface area contributed by atoms with Gasteiger partial charge in [-0.15, -0.1) is 0 Å². The van der Waals surface area contributed by atoms with Crippen molar-refractivity contribution in [1.29, 1.82) is 0 Å². The van der Waals surface area contributed by atoms with Crippen LogP contribution in [0.1, 0.15) is 29.5 Å². The molecule has 1 amide bonds. The van der Waals surface area contributed by atoms with Gasteiger partial charge in [0.2, 0.25) is 5.91 Å². The number of nitrogens with zero attached hydrogens (tertiary/aromatic N) is 1. The number of nitrogens with one attached hydrogen (secondary N) is 2. The summed E-state index contributed by atoms with van der Waals surface area (Å²) in [5, 5.41) is 5.95. The van der Waals surface area contributed by atoms with Crippen molar-refractivity contribution in [2.24, 2.45) is 10.7 Å². The number of amides is 1. The van der Waals surface area contributed by atoms with Crippen LogP contribution in [0.3, 0.4) is 0 Å². The molecule has 0 heterocycles. The molecule has 0 aromatic heterocycles. The molecule has 4 N–H and O–H groups in total. The molecule has 0 aliphatic heterocycles. The molecule has 5 nitrogen and oxygen atoms in total. The van der Waals surface area contributed by atoms with Gasteiger partial charge in [-0.2, -0.15) is 0 Å². The van der Waals surface area contributed by atoms with Gasteiger partial charge in [0, 0.05) is 12.2 Å². The number of anilines is 1. The molecule has 1 aliphatic carbocycles. The molecule has 2 aromatic rings. The number of carbonyl (C=O) groups excluding carboxylic acids is 1. The van der Waals surface area contributed by atoms with E-state index in [1.165, 1.54) is 36.1 Å². The molecule has 0 saturated heterocycles. The van der Waals surface area contributed by atoms with Crippen molar-refractivity contribution < 1.29 is 9.18 Å². The molecular formula is C21H25FN4O. The zero-order chi connectivity index (χ0) is 19.1. The number of carbonyl (C=O) groups is 1. The highest BCUT2D eigenvalue weighted by atomic mass is 19.1. The number of fused-ring (bicyclic) bond motifs is 1. The molecule has 0 atom stereocenters. The Morgan fingerprint density at radius 2 is 1.96 bits per heavy atom. The SMILES string of the molecule is NC(=NCCNC(=O)Cc1cccc(F)c1)Nc1cccc2c1CCCC2. The van der Waals surface area contributed by atoms with E-state index in [0.29, 0.717) is 24.6 Å². The lowest BCUT2D eigenvalue weighted by atomic mass is 9.90. The minimum Gasteiger partial charge on any atom is -0.370 e. The predicted octanol–water partition coefficient (Wildman–Crippen LogP) is 2.79. The number of halogens is 1. The monoisotopic (exact) mass is 368 g/mol. The topological polar surface area (TPSA) is 79.5 Å². The Kier molecular flexibility index (Phi) is 6.41. The largest absolute Gasteiger partial charge is 0.370 e. The van der Waals surface area contributed by atoms with Crippen molar-refractivity contribution in [1.82, 2.24) is 5.32 Å². The molecule has 0 bridgehead atoms. The highest BCUT2D eigenvalue weighted by molar-refractivity contribution is 5.93. The van der Waals surface area contributed by atoms with E-state index in [0.717, 1.165) is 18.5 Å². The first kappa shape index (κ1) is 18.9. The van der Waals surface area contributed by atoms with E-state index in [1.54, 1.807) is 12.1 Å². The molecule has 1 aliphatic rings. The fourth-order valence-electron chi connectivity index (χ4n) is 3.34. The van der Waals surface area contributed by atoms with Crippen molar-refractivity contribution in [3.8, 4) is 0 Å². The third-order valence-corrected chi connectivity index (χ3v) is 4.63. The van der Waals surface area contributed by atoms with Crippen LogP contribution < -0.4 is 16.4 Å². The first-order valence-electron chi connectivity index (χ1n) is 9.30. The van der Waals surface area contributed by atoms with Gasteiger partial charge in [-0.25, -0.2) is 4.39 Å². The Hall–Kier alpha value is -2.89. The van der Waals surface area contributed by atoms with Gasteiger partial charge in [-0.05, 0) is 60.6 Å². The van der Waals surface area contributed by atoms with Crippen LogP contribution in [0.4, 0.5) is 10.1 Å². The molecule has 0 saturated carbocycles. The van der Waals surface area contributed by atoms with Gasteiger partial charge in [-0.3, -0.25) is 9.79 Å². The summed E-state index contributed by atoms with van der Waals surface area (Å²) in [6, 6.07) is 12.3. The number of nitrogens with two attached hydrogens (primary N) is 1. The normalized spacial score (nSPS) is 13.7. The highest BCUT2D eigenvalue weighted by Gasteiger charge is 2.13. The predicted molar refractivity (Wildman–Crippen MR) is 106 cm³/mol. The van der Waals surface area contributed by atoms with Crippen molar-refractivity contribution in [2.75, 3.05) is 18.4 Å². The zero-order valence-corrected chi connectivity index (χ0v) is 15.3. The van der Waals surface area contributed by atoms with Crippen LogP contribution >= 0.6 is 0 Å². The molecule has 2 aromatic carbocycles. The second-order valence-corrected chi connectivity index (χ2v) is 6.70. The summed E-state index contributed by atoms with van der Waals surface area (Å²) in [5.74, 6) is -0.167. The summed E-state index contributed by atoms with van der Waals surface area (Å²) in [7, 11) is 0. The Bertz CT molecular complexity index is 835. The van der Waals surface area contributed by atoms with Crippen LogP contribution in [-0.4, -0.2) is 25.0 Å². The third kappa shape index (κ3) is 5.54. The molecule has 27 heavy (non-hydrogen) atoms. The van der Waals surface area contributed by atoms with Crippen molar-refractivity contribution >= 4 is 17.6 Å². The van der Waals surface area contributed by atoms with E-state index in [2.05, 4.69) is 21.7 Å². The number of rotatable bonds is 6. The summed E-state index contributed by atoms with van der Waals surface area (Å²) >= 11 is 0. The van der Waals surface area contributed by atoms with E-state index in [4.69, 9.17) is 5.73 Å². The van der Waals surface area contributed by atoms with Crippen LogP contribution in [0.5, 0.6) is 0 Å². The smallest absolute Gasteiger partial charge is 0.224 e. The molecule has 0 fully saturated rings. The minimum absolute atomic E-state index is 0.144. The second-order valence-electron chi connectivity index (χ2n) is 6.70. The summed E-state index contributed by atoms with van der Waals surface area (Å²) in [6.07, 6.45) is 4.74. The van der Waals surface area contributed by atoms with E-state index in [-0.39, 0.29) is 18.1 Å². The molecule has 3 rings (SSSR count). The number of hydrogen-bond donors (Lipinski definition) is 3.